The molecule has 228 valence electrons. The standard InChI is InChI=1S/C33H34N4O7/c1-42-28-10-7-21(17-29(28)43-2)11-13-36-30(12-14-37-31(39)24-5-3-4-6-25(24)32(37)40)34-27-18-22(8-9-26(27)33(36)41)35-15-16-44-23(19-35)20-38/h3-10,17-18,23,38H,11-16,19-20H2,1-2H3. The molecular weight excluding hydrogens is 564 g/mol. The maximum atomic E-state index is 13.9. The summed E-state index contributed by atoms with van der Waals surface area (Å²) < 4.78 is 18.0. The van der Waals surface area contributed by atoms with Crippen molar-refractivity contribution >= 4 is 28.4 Å². The van der Waals surface area contributed by atoms with Crippen LogP contribution in [0.2, 0.25) is 0 Å². The maximum Gasteiger partial charge on any atom is 0.261 e. The van der Waals surface area contributed by atoms with Crippen molar-refractivity contribution in [1.29, 1.82) is 0 Å². The summed E-state index contributed by atoms with van der Waals surface area (Å²) in [5.41, 5.74) is 2.91. The number of carbonyl (C=O) groups excluding carboxylic acids is 2. The Morgan fingerprint density at radius 1 is 0.909 bits per heavy atom. The molecule has 1 fully saturated rings. The Labute approximate surface area is 254 Å². The third-order valence-electron chi connectivity index (χ3n) is 8.23. The Kier molecular flexibility index (Phi) is 8.32. The number of amides is 2. The highest BCUT2D eigenvalue weighted by Gasteiger charge is 2.35. The van der Waals surface area contributed by atoms with Crippen molar-refractivity contribution in [2.24, 2.45) is 0 Å². The number of methoxy groups -OCH3 is 2. The summed E-state index contributed by atoms with van der Waals surface area (Å²) in [5, 5.41) is 10.1. The van der Waals surface area contributed by atoms with Gasteiger partial charge in [0.25, 0.3) is 17.4 Å². The van der Waals surface area contributed by atoms with E-state index in [4.69, 9.17) is 19.2 Å². The lowest BCUT2D eigenvalue weighted by molar-refractivity contribution is 0.00357. The number of hydrogen-bond acceptors (Lipinski definition) is 9. The summed E-state index contributed by atoms with van der Waals surface area (Å²) in [6.07, 6.45) is 0.436. The molecule has 0 saturated carbocycles. The molecule has 0 bridgehead atoms. The number of ether oxygens (including phenoxy) is 3. The topological polar surface area (TPSA) is 123 Å². The van der Waals surface area contributed by atoms with E-state index in [2.05, 4.69) is 4.90 Å². The Balaban J connectivity index is 1.33. The van der Waals surface area contributed by atoms with E-state index >= 15 is 0 Å². The number of aromatic nitrogens is 2. The number of anilines is 1. The predicted molar refractivity (Wildman–Crippen MR) is 164 cm³/mol. The zero-order valence-electron chi connectivity index (χ0n) is 24.7. The van der Waals surface area contributed by atoms with Gasteiger partial charge in [0.2, 0.25) is 0 Å². The van der Waals surface area contributed by atoms with Crippen molar-refractivity contribution in [1.82, 2.24) is 14.5 Å². The average Bonchev–Trinajstić information content (AvgIpc) is 3.31. The van der Waals surface area contributed by atoms with Crippen LogP contribution in [0, 0.1) is 0 Å². The molecule has 0 radical (unpaired) electrons. The number of aliphatic hydroxyl groups excluding tert-OH is 1. The van der Waals surface area contributed by atoms with Gasteiger partial charge in [0.15, 0.2) is 11.5 Å². The molecule has 4 aromatic rings. The minimum absolute atomic E-state index is 0.0743. The number of rotatable bonds is 10. The third-order valence-corrected chi connectivity index (χ3v) is 8.23. The molecule has 3 aromatic carbocycles. The van der Waals surface area contributed by atoms with Gasteiger partial charge >= 0.3 is 0 Å². The van der Waals surface area contributed by atoms with Crippen molar-refractivity contribution in [3.05, 3.63) is 93.5 Å². The first-order valence-corrected chi connectivity index (χ1v) is 14.6. The molecule has 44 heavy (non-hydrogen) atoms. The van der Waals surface area contributed by atoms with Crippen LogP contribution in [0.4, 0.5) is 5.69 Å². The zero-order valence-corrected chi connectivity index (χ0v) is 24.7. The first kappa shape index (κ1) is 29.3. The number of morpholine rings is 1. The van der Waals surface area contributed by atoms with Gasteiger partial charge in [0.05, 0.1) is 55.6 Å². The molecule has 11 heteroatoms. The lowest BCUT2D eigenvalue weighted by atomic mass is 10.1. The van der Waals surface area contributed by atoms with Gasteiger partial charge in [0, 0.05) is 38.3 Å². The Hall–Kier alpha value is -4.74. The van der Waals surface area contributed by atoms with Crippen LogP contribution in [0.3, 0.4) is 0 Å². The average molecular weight is 599 g/mol. The highest BCUT2D eigenvalue weighted by Crippen LogP contribution is 2.28. The van der Waals surface area contributed by atoms with Crippen molar-refractivity contribution in [3.8, 4) is 11.5 Å². The van der Waals surface area contributed by atoms with E-state index in [1.807, 2.05) is 30.3 Å². The van der Waals surface area contributed by atoms with Crippen LogP contribution < -0.4 is 19.9 Å². The van der Waals surface area contributed by atoms with Crippen LogP contribution in [-0.2, 0) is 24.1 Å². The van der Waals surface area contributed by atoms with Gasteiger partial charge in [-0.05, 0) is 54.4 Å². The predicted octanol–water partition coefficient (Wildman–Crippen LogP) is 2.69. The zero-order chi connectivity index (χ0) is 30.8. The van der Waals surface area contributed by atoms with E-state index in [1.165, 1.54) is 4.90 Å². The minimum atomic E-state index is -0.348. The number of aliphatic hydroxyl groups is 1. The SMILES string of the molecule is COc1ccc(CCn2c(CCN3C(=O)c4ccccc4C3=O)nc3cc(N4CCOC(CO)C4)ccc3c2=O)cc1OC. The van der Waals surface area contributed by atoms with Crippen LogP contribution in [0.15, 0.2) is 65.5 Å². The number of fused-ring (bicyclic) bond motifs is 2. The van der Waals surface area contributed by atoms with Crippen LogP contribution in [0.25, 0.3) is 10.9 Å². The van der Waals surface area contributed by atoms with Gasteiger partial charge in [0.1, 0.15) is 5.82 Å². The molecule has 0 aliphatic carbocycles. The number of benzene rings is 3. The number of carbonyl (C=O) groups is 2. The number of imide groups is 1. The van der Waals surface area contributed by atoms with E-state index in [9.17, 15) is 19.5 Å². The van der Waals surface area contributed by atoms with E-state index in [-0.39, 0.29) is 43.1 Å². The third kappa shape index (κ3) is 5.51. The van der Waals surface area contributed by atoms with Crippen LogP contribution in [0.5, 0.6) is 11.5 Å². The molecule has 0 spiro atoms. The molecule has 2 aliphatic heterocycles. The second-order valence-electron chi connectivity index (χ2n) is 10.8. The van der Waals surface area contributed by atoms with Crippen molar-refractivity contribution in [2.45, 2.75) is 25.5 Å². The molecule has 2 amide bonds. The highest BCUT2D eigenvalue weighted by molar-refractivity contribution is 6.21. The molecule has 3 heterocycles. The summed E-state index contributed by atoms with van der Waals surface area (Å²) in [7, 11) is 3.15. The van der Waals surface area contributed by atoms with Gasteiger partial charge in [-0.25, -0.2) is 4.98 Å². The van der Waals surface area contributed by atoms with Crippen molar-refractivity contribution < 1.29 is 28.9 Å². The second kappa shape index (κ2) is 12.5. The molecule has 1 aromatic heterocycles. The summed E-state index contributed by atoms with van der Waals surface area (Å²) in [5.74, 6) is 0.993. The van der Waals surface area contributed by atoms with Crippen molar-refractivity contribution in [3.63, 3.8) is 0 Å². The monoisotopic (exact) mass is 598 g/mol. The first-order valence-electron chi connectivity index (χ1n) is 14.6. The molecule has 2 aliphatic rings. The Morgan fingerprint density at radius 3 is 2.36 bits per heavy atom. The normalized spacial score (nSPS) is 16.5. The minimum Gasteiger partial charge on any atom is -0.493 e. The second-order valence-corrected chi connectivity index (χ2v) is 10.8. The van der Waals surface area contributed by atoms with E-state index in [0.29, 0.717) is 72.0 Å². The van der Waals surface area contributed by atoms with Gasteiger partial charge < -0.3 is 24.2 Å². The smallest absolute Gasteiger partial charge is 0.261 e. The largest absolute Gasteiger partial charge is 0.493 e. The van der Waals surface area contributed by atoms with E-state index in [1.54, 1.807) is 49.1 Å². The van der Waals surface area contributed by atoms with Crippen LogP contribution in [-0.4, -0.2) is 84.5 Å². The lowest BCUT2D eigenvalue weighted by Crippen LogP contribution is -2.44. The van der Waals surface area contributed by atoms with Gasteiger partial charge in [-0.3, -0.25) is 23.9 Å². The van der Waals surface area contributed by atoms with E-state index < -0.39 is 0 Å². The molecule has 1 saturated heterocycles. The number of nitrogens with zero attached hydrogens (tertiary/aromatic N) is 4. The first-order chi connectivity index (χ1) is 21.4. The highest BCUT2D eigenvalue weighted by atomic mass is 16.5. The fourth-order valence-corrected chi connectivity index (χ4v) is 5.87. The van der Waals surface area contributed by atoms with Gasteiger partial charge in [-0.15, -0.1) is 0 Å². The Morgan fingerprint density at radius 2 is 1.66 bits per heavy atom. The summed E-state index contributed by atoms with van der Waals surface area (Å²) in [6.45, 7) is 2.00. The molecular formula is C33H34N4O7. The van der Waals surface area contributed by atoms with E-state index in [0.717, 1.165) is 11.3 Å². The Bertz CT molecular complexity index is 1750. The maximum absolute atomic E-state index is 13.9. The fraction of sp³-hybridized carbons (Fsp3) is 0.333. The van der Waals surface area contributed by atoms with Crippen molar-refractivity contribution in [2.75, 3.05) is 52.0 Å². The van der Waals surface area contributed by atoms with Gasteiger partial charge in [-0.2, -0.15) is 0 Å². The van der Waals surface area contributed by atoms with Crippen LogP contribution in [0.1, 0.15) is 32.1 Å². The summed E-state index contributed by atoms with van der Waals surface area (Å²) in [6, 6.07) is 18.0. The molecule has 1 unspecified atom stereocenters. The molecule has 11 nitrogen and oxygen atoms in total. The summed E-state index contributed by atoms with van der Waals surface area (Å²) >= 11 is 0. The quantitative estimate of drug-likeness (QED) is 0.275. The molecule has 6 rings (SSSR count). The van der Waals surface area contributed by atoms with Gasteiger partial charge in [-0.1, -0.05) is 18.2 Å². The summed E-state index contributed by atoms with van der Waals surface area (Å²) in [4.78, 5) is 48.3. The fourth-order valence-electron chi connectivity index (χ4n) is 5.87. The number of hydrogen-bond donors (Lipinski definition) is 1. The molecule has 1 N–H and O–H groups in total. The van der Waals surface area contributed by atoms with Crippen LogP contribution >= 0.6 is 0 Å². The lowest BCUT2D eigenvalue weighted by Gasteiger charge is -2.33. The number of aryl methyl sites for hydroxylation is 1. The molecule has 1 atom stereocenters.